The van der Waals surface area contributed by atoms with Gasteiger partial charge in [0.25, 0.3) is 11.8 Å². The SMILES string of the molecule is CC(C)(C)CN1CCC(=Cc2ccc(C(=O)Nc3cc(Nc4ccccc4NC(=O)c4ccc(C=C5CCN(CC6CC6)CC5)cc4)ccc3N)cc2)CC1. The summed E-state index contributed by atoms with van der Waals surface area (Å²) in [5.41, 5.74) is 16.0. The van der Waals surface area contributed by atoms with Crippen LogP contribution < -0.4 is 21.7 Å². The van der Waals surface area contributed by atoms with Gasteiger partial charge < -0.3 is 31.5 Å². The molecule has 8 heteroatoms. The molecule has 5 N–H and O–H groups in total. The molecule has 0 bridgehead atoms. The Bertz CT molecular complexity index is 2020. The first-order valence-corrected chi connectivity index (χ1v) is 19.9. The fourth-order valence-corrected chi connectivity index (χ4v) is 7.57. The van der Waals surface area contributed by atoms with Crippen LogP contribution in [-0.2, 0) is 0 Å². The van der Waals surface area contributed by atoms with Crippen molar-refractivity contribution in [1.29, 1.82) is 0 Å². The number of carbonyl (C=O) groups excluding carboxylic acids is 2. The Kier molecular flexibility index (Phi) is 11.8. The Hall–Kier alpha value is -5.18. The molecule has 3 fully saturated rings. The maximum Gasteiger partial charge on any atom is 0.255 e. The molecule has 2 amide bonds. The maximum atomic E-state index is 13.3. The second-order valence-electron chi connectivity index (χ2n) is 16.8. The number of nitrogen functional groups attached to an aromatic ring is 1. The van der Waals surface area contributed by atoms with Crippen LogP contribution in [-0.4, -0.2) is 60.9 Å². The number of nitrogens with one attached hydrogen (secondary N) is 3. The molecule has 0 spiro atoms. The van der Waals surface area contributed by atoms with E-state index in [1.165, 1.54) is 30.5 Å². The highest BCUT2D eigenvalue weighted by Gasteiger charge is 2.25. The van der Waals surface area contributed by atoms with E-state index in [1.54, 1.807) is 12.1 Å². The summed E-state index contributed by atoms with van der Waals surface area (Å²) in [6.45, 7) is 13.7. The number of nitrogens with zero attached hydrogens (tertiary/aromatic N) is 2. The molecule has 1 saturated carbocycles. The number of likely N-dealkylation sites (tertiary alicyclic amines) is 2. The van der Waals surface area contributed by atoms with E-state index < -0.39 is 0 Å². The fraction of sp³-hybridized carbons (Fsp3) is 0.362. The summed E-state index contributed by atoms with van der Waals surface area (Å²) >= 11 is 0. The van der Waals surface area contributed by atoms with Crippen molar-refractivity contribution in [2.75, 3.05) is 61.0 Å². The fourth-order valence-electron chi connectivity index (χ4n) is 7.57. The largest absolute Gasteiger partial charge is 0.397 e. The van der Waals surface area contributed by atoms with Gasteiger partial charge in [-0.1, -0.05) is 80.5 Å². The molecule has 2 saturated heterocycles. The molecule has 0 atom stereocenters. The monoisotopic (exact) mass is 736 g/mol. The summed E-state index contributed by atoms with van der Waals surface area (Å²) in [4.78, 5) is 31.8. The molecule has 7 rings (SSSR count). The molecule has 0 unspecified atom stereocenters. The lowest BCUT2D eigenvalue weighted by Gasteiger charge is -2.33. The Labute approximate surface area is 326 Å². The van der Waals surface area contributed by atoms with Crippen molar-refractivity contribution in [3.63, 3.8) is 0 Å². The van der Waals surface area contributed by atoms with Gasteiger partial charge in [-0.15, -0.1) is 0 Å². The van der Waals surface area contributed by atoms with Crippen LogP contribution in [0.1, 0.15) is 91.1 Å². The minimum Gasteiger partial charge on any atom is -0.397 e. The van der Waals surface area contributed by atoms with Crippen molar-refractivity contribution in [3.05, 3.63) is 124 Å². The van der Waals surface area contributed by atoms with Crippen molar-refractivity contribution >= 4 is 52.4 Å². The minimum absolute atomic E-state index is 0.184. The molecule has 286 valence electrons. The first-order valence-electron chi connectivity index (χ1n) is 19.9. The van der Waals surface area contributed by atoms with E-state index in [2.05, 4.69) is 58.7 Å². The standard InChI is InChI=1S/C47H56N6O2/c1-47(2,3)32-53-26-22-36(23-27-53)29-34-12-16-39(17-13-34)46(55)51-44-30-40(18-19-41(44)48)49-42-6-4-5-7-43(42)50-45(54)38-14-10-33(11-15-38)28-35-20-24-52(25-21-35)31-37-8-9-37/h4-7,10-19,28-30,37,49H,8-9,20-27,31-32,48H2,1-3H3,(H,50,54)(H,51,55). The third-order valence-electron chi connectivity index (χ3n) is 10.8. The summed E-state index contributed by atoms with van der Waals surface area (Å²) in [5.74, 6) is 0.519. The summed E-state index contributed by atoms with van der Waals surface area (Å²) in [6.07, 6.45) is 11.7. The van der Waals surface area contributed by atoms with Gasteiger partial charge in [0.1, 0.15) is 0 Å². The molecule has 3 aliphatic rings. The molecule has 2 heterocycles. The third kappa shape index (κ3) is 11.0. The van der Waals surface area contributed by atoms with Gasteiger partial charge in [0.2, 0.25) is 0 Å². The number of hydrogen-bond acceptors (Lipinski definition) is 6. The quantitative estimate of drug-likeness (QED) is 0.114. The Balaban J connectivity index is 0.934. The van der Waals surface area contributed by atoms with Gasteiger partial charge in [0, 0.05) is 56.1 Å². The van der Waals surface area contributed by atoms with Gasteiger partial charge in [-0.2, -0.15) is 0 Å². The molecular weight excluding hydrogens is 681 g/mol. The number of piperidine rings is 2. The van der Waals surface area contributed by atoms with E-state index in [0.29, 0.717) is 33.6 Å². The summed E-state index contributed by atoms with van der Waals surface area (Å²) in [6, 6.07) is 28.5. The van der Waals surface area contributed by atoms with Gasteiger partial charge in [-0.05, 0) is 116 Å². The number of hydrogen-bond donors (Lipinski definition) is 4. The van der Waals surface area contributed by atoms with E-state index in [4.69, 9.17) is 5.73 Å². The number of benzene rings is 4. The molecule has 55 heavy (non-hydrogen) atoms. The molecule has 0 radical (unpaired) electrons. The van der Waals surface area contributed by atoms with Crippen LogP contribution in [0.2, 0.25) is 0 Å². The highest BCUT2D eigenvalue weighted by Crippen LogP contribution is 2.32. The van der Waals surface area contributed by atoms with Crippen LogP contribution in [0.25, 0.3) is 12.2 Å². The Morgan fingerprint density at radius 2 is 1.18 bits per heavy atom. The number of amides is 2. The average Bonchev–Trinajstić information content (AvgIpc) is 3.99. The number of para-hydroxylation sites is 2. The molecule has 1 aliphatic carbocycles. The van der Waals surface area contributed by atoms with E-state index in [1.807, 2.05) is 78.9 Å². The summed E-state index contributed by atoms with van der Waals surface area (Å²) < 4.78 is 0. The lowest BCUT2D eigenvalue weighted by molar-refractivity contribution is 0.101. The smallest absolute Gasteiger partial charge is 0.255 e. The highest BCUT2D eigenvalue weighted by molar-refractivity contribution is 6.07. The van der Waals surface area contributed by atoms with E-state index in [9.17, 15) is 9.59 Å². The lowest BCUT2D eigenvalue weighted by Crippen LogP contribution is -2.37. The van der Waals surface area contributed by atoms with Gasteiger partial charge in [-0.25, -0.2) is 0 Å². The topological polar surface area (TPSA) is 103 Å². The first-order chi connectivity index (χ1) is 26.5. The minimum atomic E-state index is -0.234. The average molecular weight is 737 g/mol. The van der Waals surface area contributed by atoms with Gasteiger partial charge in [0.05, 0.1) is 22.7 Å². The third-order valence-corrected chi connectivity index (χ3v) is 10.8. The normalized spacial score (nSPS) is 16.7. The maximum absolute atomic E-state index is 13.3. The van der Waals surface area contributed by atoms with Crippen molar-refractivity contribution in [1.82, 2.24) is 9.80 Å². The van der Waals surface area contributed by atoms with Crippen LogP contribution in [0.4, 0.5) is 28.4 Å². The molecule has 4 aromatic carbocycles. The van der Waals surface area contributed by atoms with E-state index >= 15 is 0 Å². The number of nitrogens with two attached hydrogens (primary N) is 1. The number of anilines is 5. The van der Waals surface area contributed by atoms with Crippen LogP contribution in [0, 0.1) is 11.3 Å². The van der Waals surface area contributed by atoms with E-state index in [-0.39, 0.29) is 11.8 Å². The molecule has 2 aliphatic heterocycles. The van der Waals surface area contributed by atoms with Crippen molar-refractivity contribution in [2.45, 2.75) is 59.3 Å². The second-order valence-corrected chi connectivity index (χ2v) is 16.8. The zero-order valence-electron chi connectivity index (χ0n) is 32.7. The van der Waals surface area contributed by atoms with Crippen LogP contribution >= 0.6 is 0 Å². The zero-order valence-corrected chi connectivity index (χ0v) is 32.7. The van der Waals surface area contributed by atoms with Crippen LogP contribution in [0.3, 0.4) is 0 Å². The Morgan fingerprint density at radius 1 is 0.673 bits per heavy atom. The van der Waals surface area contributed by atoms with Crippen molar-refractivity contribution in [2.24, 2.45) is 11.3 Å². The van der Waals surface area contributed by atoms with Crippen LogP contribution in [0.5, 0.6) is 0 Å². The zero-order chi connectivity index (χ0) is 38.4. The first kappa shape index (κ1) is 38.1. The second kappa shape index (κ2) is 17.1. The van der Waals surface area contributed by atoms with Gasteiger partial charge in [-0.3, -0.25) is 9.59 Å². The van der Waals surface area contributed by atoms with Gasteiger partial charge in [0.15, 0.2) is 0 Å². The van der Waals surface area contributed by atoms with Crippen molar-refractivity contribution < 1.29 is 9.59 Å². The summed E-state index contributed by atoms with van der Waals surface area (Å²) in [7, 11) is 0. The predicted molar refractivity (Wildman–Crippen MR) is 229 cm³/mol. The molecule has 4 aromatic rings. The number of rotatable bonds is 11. The highest BCUT2D eigenvalue weighted by atomic mass is 16.2. The van der Waals surface area contributed by atoms with Crippen molar-refractivity contribution in [3.8, 4) is 0 Å². The van der Waals surface area contributed by atoms with Gasteiger partial charge >= 0.3 is 0 Å². The number of carbonyl (C=O) groups is 2. The molecular formula is C47H56N6O2. The van der Waals surface area contributed by atoms with Crippen LogP contribution in [0.15, 0.2) is 102 Å². The predicted octanol–water partition coefficient (Wildman–Crippen LogP) is 9.93. The lowest BCUT2D eigenvalue weighted by atomic mass is 9.93. The molecule has 8 nitrogen and oxygen atoms in total. The van der Waals surface area contributed by atoms with E-state index in [0.717, 1.165) is 86.8 Å². The summed E-state index contributed by atoms with van der Waals surface area (Å²) in [5, 5.41) is 9.45. The molecule has 0 aromatic heterocycles. The Morgan fingerprint density at radius 3 is 1.71 bits per heavy atom.